The van der Waals surface area contributed by atoms with E-state index in [2.05, 4.69) is 0 Å². The number of methoxy groups -OCH3 is 1. The molecule has 0 spiro atoms. The molecule has 0 aromatic heterocycles. The fourth-order valence-electron chi connectivity index (χ4n) is 2.81. The summed E-state index contributed by atoms with van der Waals surface area (Å²) in [6, 6.07) is 18.8. The van der Waals surface area contributed by atoms with Crippen molar-refractivity contribution in [2.75, 3.05) is 7.11 Å². The van der Waals surface area contributed by atoms with Gasteiger partial charge in [-0.15, -0.1) is 0 Å². The lowest BCUT2D eigenvalue weighted by Gasteiger charge is -2.23. The highest BCUT2D eigenvalue weighted by molar-refractivity contribution is 5.97. The zero-order valence-electron chi connectivity index (χ0n) is 14.0. The molecule has 2 aromatic rings. The van der Waals surface area contributed by atoms with Crippen LogP contribution in [0.4, 0.5) is 0 Å². The van der Waals surface area contributed by atoms with Gasteiger partial charge in [0.1, 0.15) is 0 Å². The lowest BCUT2D eigenvalue weighted by atomic mass is 9.81. The van der Waals surface area contributed by atoms with Crippen LogP contribution in [0.5, 0.6) is 0 Å². The number of esters is 1. The van der Waals surface area contributed by atoms with Crippen molar-refractivity contribution in [3.05, 3.63) is 83.9 Å². The van der Waals surface area contributed by atoms with Crippen molar-refractivity contribution in [1.82, 2.24) is 0 Å². The molecule has 2 aromatic carbocycles. The first-order chi connectivity index (χ1) is 11.7. The Balaban J connectivity index is 2.36. The van der Waals surface area contributed by atoms with Gasteiger partial charge in [-0.2, -0.15) is 0 Å². The first-order valence-electron chi connectivity index (χ1n) is 8.01. The standard InChI is InChI=1S/C21H22O3/c1-3-10-18(21(23)24-2)19(16-11-6-4-7-12-16)15-20(22)17-13-8-5-9-14-17/h3-14,18-19H,15H2,1-2H3/b10-3+. The second-order valence-electron chi connectivity index (χ2n) is 5.59. The zero-order chi connectivity index (χ0) is 17.4. The number of allylic oxidation sites excluding steroid dienone is 1. The minimum absolute atomic E-state index is 0.0165. The van der Waals surface area contributed by atoms with Gasteiger partial charge in [0, 0.05) is 17.9 Å². The van der Waals surface area contributed by atoms with E-state index in [-0.39, 0.29) is 24.1 Å². The van der Waals surface area contributed by atoms with Crippen molar-refractivity contribution in [2.24, 2.45) is 5.92 Å². The molecular formula is C21H22O3. The highest BCUT2D eigenvalue weighted by Gasteiger charge is 2.30. The summed E-state index contributed by atoms with van der Waals surface area (Å²) in [4.78, 5) is 24.9. The van der Waals surface area contributed by atoms with Crippen LogP contribution in [-0.2, 0) is 9.53 Å². The fraction of sp³-hybridized carbons (Fsp3) is 0.238. The Kier molecular flexibility index (Phi) is 6.50. The van der Waals surface area contributed by atoms with Gasteiger partial charge >= 0.3 is 5.97 Å². The predicted octanol–water partition coefficient (Wildman–Crippen LogP) is 4.41. The van der Waals surface area contributed by atoms with E-state index in [9.17, 15) is 9.59 Å². The molecule has 0 aliphatic heterocycles. The molecule has 0 heterocycles. The molecule has 124 valence electrons. The van der Waals surface area contributed by atoms with E-state index >= 15 is 0 Å². The van der Waals surface area contributed by atoms with Crippen LogP contribution in [0.3, 0.4) is 0 Å². The van der Waals surface area contributed by atoms with E-state index in [0.29, 0.717) is 5.56 Å². The van der Waals surface area contributed by atoms with Gasteiger partial charge in [-0.3, -0.25) is 9.59 Å². The second kappa shape index (κ2) is 8.82. The monoisotopic (exact) mass is 322 g/mol. The quantitative estimate of drug-likeness (QED) is 0.431. The Morgan fingerprint density at radius 1 is 1.00 bits per heavy atom. The first kappa shape index (κ1) is 17.7. The van der Waals surface area contributed by atoms with Crippen LogP contribution in [0.25, 0.3) is 0 Å². The van der Waals surface area contributed by atoms with Crippen molar-refractivity contribution in [3.8, 4) is 0 Å². The molecule has 0 aliphatic carbocycles. The summed E-state index contributed by atoms with van der Waals surface area (Å²) in [5.41, 5.74) is 1.61. The van der Waals surface area contributed by atoms with E-state index < -0.39 is 5.92 Å². The van der Waals surface area contributed by atoms with E-state index in [0.717, 1.165) is 5.56 Å². The number of rotatable bonds is 7. The summed E-state index contributed by atoms with van der Waals surface area (Å²) in [6.07, 6.45) is 3.88. The highest BCUT2D eigenvalue weighted by atomic mass is 16.5. The number of Topliss-reactive ketones (excluding diaryl/α,β-unsaturated/α-hetero) is 1. The first-order valence-corrected chi connectivity index (χ1v) is 8.01. The number of hydrogen-bond donors (Lipinski definition) is 0. The van der Waals surface area contributed by atoms with Crippen molar-refractivity contribution < 1.29 is 14.3 Å². The van der Waals surface area contributed by atoms with Gasteiger partial charge in [0.05, 0.1) is 13.0 Å². The van der Waals surface area contributed by atoms with Crippen LogP contribution < -0.4 is 0 Å². The van der Waals surface area contributed by atoms with E-state index in [4.69, 9.17) is 4.74 Å². The lowest BCUT2D eigenvalue weighted by molar-refractivity contribution is -0.144. The Labute approximate surface area is 143 Å². The average molecular weight is 322 g/mol. The van der Waals surface area contributed by atoms with Gasteiger partial charge in [0.2, 0.25) is 0 Å². The van der Waals surface area contributed by atoms with Crippen LogP contribution in [0.15, 0.2) is 72.8 Å². The second-order valence-corrected chi connectivity index (χ2v) is 5.59. The third kappa shape index (κ3) is 4.42. The van der Waals surface area contributed by atoms with E-state index in [1.807, 2.05) is 67.6 Å². The van der Waals surface area contributed by atoms with Crippen LogP contribution in [0.1, 0.15) is 35.2 Å². The number of carbonyl (C=O) groups is 2. The fourth-order valence-corrected chi connectivity index (χ4v) is 2.81. The average Bonchev–Trinajstić information content (AvgIpc) is 2.65. The topological polar surface area (TPSA) is 43.4 Å². The summed E-state index contributed by atoms with van der Waals surface area (Å²) in [6.45, 7) is 1.86. The smallest absolute Gasteiger partial charge is 0.313 e. The van der Waals surface area contributed by atoms with Gasteiger partial charge < -0.3 is 4.74 Å². The molecule has 2 unspecified atom stereocenters. The molecule has 0 amide bonds. The van der Waals surface area contributed by atoms with Crippen LogP contribution in [0.2, 0.25) is 0 Å². The number of ketones is 1. The molecule has 3 nitrogen and oxygen atoms in total. The van der Waals surface area contributed by atoms with Gasteiger partial charge in [0.25, 0.3) is 0 Å². The van der Waals surface area contributed by atoms with Crippen LogP contribution in [-0.4, -0.2) is 18.9 Å². The summed E-state index contributed by atoms with van der Waals surface area (Å²) >= 11 is 0. The molecule has 0 N–H and O–H groups in total. The van der Waals surface area contributed by atoms with Crippen molar-refractivity contribution in [3.63, 3.8) is 0 Å². The van der Waals surface area contributed by atoms with Gasteiger partial charge in [0.15, 0.2) is 5.78 Å². The minimum atomic E-state index is -0.491. The van der Waals surface area contributed by atoms with Gasteiger partial charge in [-0.05, 0) is 12.5 Å². The molecule has 0 saturated heterocycles. The maximum absolute atomic E-state index is 12.7. The highest BCUT2D eigenvalue weighted by Crippen LogP contribution is 2.31. The number of hydrogen-bond acceptors (Lipinski definition) is 3. The Morgan fingerprint density at radius 2 is 1.58 bits per heavy atom. The number of ether oxygens (including phenoxy) is 1. The Morgan fingerprint density at radius 3 is 2.12 bits per heavy atom. The van der Waals surface area contributed by atoms with Gasteiger partial charge in [-0.1, -0.05) is 72.8 Å². The number of benzene rings is 2. The largest absolute Gasteiger partial charge is 0.469 e. The molecule has 3 heteroatoms. The maximum Gasteiger partial charge on any atom is 0.313 e. The Hall–Kier alpha value is -2.68. The molecule has 2 rings (SSSR count). The SMILES string of the molecule is C/C=C/C(C(=O)OC)C(CC(=O)c1ccccc1)c1ccccc1. The summed E-state index contributed by atoms with van der Waals surface area (Å²) in [7, 11) is 1.37. The molecular weight excluding hydrogens is 300 g/mol. The normalized spacial score (nSPS) is 13.4. The number of carbonyl (C=O) groups excluding carboxylic acids is 2. The molecule has 2 atom stereocenters. The summed E-state index contributed by atoms with van der Waals surface area (Å²) in [5, 5.41) is 0. The van der Waals surface area contributed by atoms with Crippen molar-refractivity contribution in [1.29, 1.82) is 0 Å². The molecule has 0 aliphatic rings. The molecule has 24 heavy (non-hydrogen) atoms. The summed E-state index contributed by atoms with van der Waals surface area (Å²) in [5.74, 6) is -1.07. The lowest BCUT2D eigenvalue weighted by Crippen LogP contribution is -2.24. The van der Waals surface area contributed by atoms with E-state index in [1.165, 1.54) is 7.11 Å². The molecule has 0 fully saturated rings. The minimum Gasteiger partial charge on any atom is -0.469 e. The van der Waals surface area contributed by atoms with Gasteiger partial charge in [-0.25, -0.2) is 0 Å². The third-order valence-electron chi connectivity index (χ3n) is 4.04. The zero-order valence-corrected chi connectivity index (χ0v) is 14.0. The predicted molar refractivity (Wildman–Crippen MR) is 94.9 cm³/mol. The molecule has 0 saturated carbocycles. The van der Waals surface area contributed by atoms with E-state index in [1.54, 1.807) is 12.1 Å². The third-order valence-corrected chi connectivity index (χ3v) is 4.04. The maximum atomic E-state index is 12.7. The van der Waals surface area contributed by atoms with Crippen molar-refractivity contribution in [2.45, 2.75) is 19.3 Å². The van der Waals surface area contributed by atoms with Crippen molar-refractivity contribution >= 4 is 11.8 Å². The molecule has 0 radical (unpaired) electrons. The summed E-state index contributed by atoms with van der Waals surface area (Å²) < 4.78 is 4.95. The Bertz CT molecular complexity index is 690. The molecule has 0 bridgehead atoms. The van der Waals surface area contributed by atoms with Crippen LogP contribution >= 0.6 is 0 Å². The van der Waals surface area contributed by atoms with Crippen LogP contribution in [0, 0.1) is 5.92 Å².